The number of rotatable bonds is 5. The monoisotopic (exact) mass is 328 g/mol. The molecule has 5 nitrogen and oxygen atoms in total. The highest BCUT2D eigenvalue weighted by Crippen LogP contribution is 2.40. The van der Waals surface area contributed by atoms with Gasteiger partial charge < -0.3 is 4.90 Å². The molecule has 6 heteroatoms. The summed E-state index contributed by atoms with van der Waals surface area (Å²) in [5, 5.41) is 0. The Bertz CT molecular complexity index is 526. The molecule has 1 saturated heterocycles. The van der Waals surface area contributed by atoms with Gasteiger partial charge in [-0.1, -0.05) is 26.0 Å². The van der Waals surface area contributed by atoms with Crippen LogP contribution in [-0.2, 0) is 14.8 Å². The number of likely N-dealkylation sites (tertiary alicyclic amines) is 1. The lowest BCUT2D eigenvalue weighted by molar-refractivity contribution is -0.132. The van der Waals surface area contributed by atoms with Gasteiger partial charge in [0.1, 0.15) is 5.75 Å². The molecule has 0 saturated carbocycles. The van der Waals surface area contributed by atoms with E-state index in [1.807, 2.05) is 0 Å². The average molecular weight is 328 g/mol. The van der Waals surface area contributed by atoms with Gasteiger partial charge in [-0.15, -0.1) is 0 Å². The van der Waals surface area contributed by atoms with Gasteiger partial charge in [0.05, 0.1) is 0 Å². The lowest BCUT2D eigenvalue weighted by Gasteiger charge is -2.44. The third-order valence-corrected chi connectivity index (χ3v) is 6.89. The van der Waals surface area contributed by atoms with Gasteiger partial charge in [0, 0.05) is 26.2 Å². The number of hydrogen-bond donors (Lipinski definition) is 0. The SMILES string of the molecule is CCN(CC)S(=O)(=O)CC(=O)N1CCC[C@@]2(CC=CCC2)C1. The van der Waals surface area contributed by atoms with Crippen molar-refractivity contribution < 1.29 is 13.2 Å². The fraction of sp³-hybridized carbons (Fsp3) is 0.812. The smallest absolute Gasteiger partial charge is 0.239 e. The average Bonchev–Trinajstić information content (AvgIpc) is 2.48. The normalized spacial score (nSPS) is 25.9. The van der Waals surface area contributed by atoms with E-state index in [0.717, 1.165) is 32.1 Å². The van der Waals surface area contributed by atoms with Gasteiger partial charge in [-0.2, -0.15) is 0 Å². The van der Waals surface area contributed by atoms with Crippen LogP contribution in [0.5, 0.6) is 0 Å². The van der Waals surface area contributed by atoms with Crippen molar-refractivity contribution in [3.63, 3.8) is 0 Å². The molecule has 0 radical (unpaired) electrons. The standard InChI is InChI=1S/C16H28N2O3S/c1-3-18(4-2)22(20,21)13-15(19)17-12-8-11-16(14-17)9-6-5-7-10-16/h5-6H,3-4,7-14H2,1-2H3/t16-/m0/s1. The second-order valence-electron chi connectivity index (χ2n) is 6.47. The van der Waals surface area contributed by atoms with E-state index in [9.17, 15) is 13.2 Å². The molecule has 0 aromatic rings. The number of allylic oxidation sites excluding steroid dienone is 2. The fourth-order valence-electron chi connectivity index (χ4n) is 3.69. The minimum atomic E-state index is -3.49. The highest BCUT2D eigenvalue weighted by atomic mass is 32.2. The Labute approximate surface area is 134 Å². The van der Waals surface area contributed by atoms with Crippen LogP contribution < -0.4 is 0 Å². The highest BCUT2D eigenvalue weighted by Gasteiger charge is 2.37. The molecule has 0 aromatic heterocycles. The summed E-state index contributed by atoms with van der Waals surface area (Å²) in [7, 11) is -3.49. The molecule has 1 aliphatic carbocycles. The number of nitrogens with zero attached hydrogens (tertiary/aromatic N) is 2. The summed E-state index contributed by atoms with van der Waals surface area (Å²) in [4.78, 5) is 14.3. The topological polar surface area (TPSA) is 57.7 Å². The molecule has 1 heterocycles. The van der Waals surface area contributed by atoms with Gasteiger partial charge in [0.15, 0.2) is 0 Å². The molecular weight excluding hydrogens is 300 g/mol. The largest absolute Gasteiger partial charge is 0.341 e. The van der Waals surface area contributed by atoms with Crippen molar-refractivity contribution in [2.24, 2.45) is 5.41 Å². The predicted molar refractivity (Wildman–Crippen MR) is 87.9 cm³/mol. The van der Waals surface area contributed by atoms with Gasteiger partial charge in [-0.05, 0) is 37.5 Å². The summed E-state index contributed by atoms with van der Waals surface area (Å²) < 4.78 is 25.9. The third kappa shape index (κ3) is 3.90. The fourth-order valence-corrected chi connectivity index (χ4v) is 5.15. The van der Waals surface area contributed by atoms with Gasteiger partial charge in [-0.3, -0.25) is 4.79 Å². The number of carbonyl (C=O) groups is 1. The second-order valence-corrected chi connectivity index (χ2v) is 8.44. The molecule has 0 aromatic carbocycles. The zero-order valence-electron chi connectivity index (χ0n) is 13.8. The first-order chi connectivity index (χ1) is 10.4. The maximum atomic E-state index is 12.5. The van der Waals surface area contributed by atoms with Crippen molar-refractivity contribution in [1.29, 1.82) is 0 Å². The lowest BCUT2D eigenvalue weighted by Crippen LogP contribution is -2.49. The van der Waals surface area contributed by atoms with Crippen molar-refractivity contribution in [3.8, 4) is 0 Å². The first kappa shape index (κ1) is 17.5. The Kier molecular flexibility index (Phi) is 5.66. The van der Waals surface area contributed by atoms with E-state index in [2.05, 4.69) is 12.2 Å². The van der Waals surface area contributed by atoms with Crippen LogP contribution in [0.1, 0.15) is 46.0 Å². The lowest BCUT2D eigenvalue weighted by atomic mass is 9.71. The molecule has 22 heavy (non-hydrogen) atoms. The first-order valence-electron chi connectivity index (χ1n) is 8.33. The number of piperidine rings is 1. The van der Waals surface area contributed by atoms with Gasteiger partial charge in [-0.25, -0.2) is 12.7 Å². The zero-order valence-corrected chi connectivity index (χ0v) is 14.6. The van der Waals surface area contributed by atoms with Crippen LogP contribution in [0.25, 0.3) is 0 Å². The zero-order chi connectivity index (χ0) is 16.2. The molecule has 2 aliphatic rings. The first-order valence-corrected chi connectivity index (χ1v) is 9.94. The number of carbonyl (C=O) groups excluding carboxylic acids is 1. The molecule has 0 bridgehead atoms. The van der Waals surface area contributed by atoms with Crippen molar-refractivity contribution in [1.82, 2.24) is 9.21 Å². The van der Waals surface area contributed by atoms with E-state index >= 15 is 0 Å². The van der Waals surface area contributed by atoms with E-state index in [4.69, 9.17) is 0 Å². The Morgan fingerprint density at radius 1 is 1.23 bits per heavy atom. The summed E-state index contributed by atoms with van der Waals surface area (Å²) in [6.07, 6.45) is 9.73. The van der Waals surface area contributed by atoms with Crippen LogP contribution in [0, 0.1) is 5.41 Å². The van der Waals surface area contributed by atoms with Crippen molar-refractivity contribution in [2.75, 3.05) is 31.9 Å². The molecule has 1 atom stereocenters. The van der Waals surface area contributed by atoms with Gasteiger partial charge in [0.25, 0.3) is 0 Å². The van der Waals surface area contributed by atoms with Crippen molar-refractivity contribution in [2.45, 2.75) is 46.0 Å². The minimum absolute atomic E-state index is 0.182. The molecule has 2 rings (SSSR count). The van der Waals surface area contributed by atoms with Gasteiger partial charge >= 0.3 is 0 Å². The second kappa shape index (κ2) is 7.13. The third-order valence-electron chi connectivity index (χ3n) is 4.98. The minimum Gasteiger partial charge on any atom is -0.341 e. The van der Waals surface area contributed by atoms with Gasteiger partial charge in [0.2, 0.25) is 15.9 Å². The molecule has 0 unspecified atom stereocenters. The quantitative estimate of drug-likeness (QED) is 0.725. The Morgan fingerprint density at radius 2 is 1.95 bits per heavy atom. The van der Waals surface area contributed by atoms with Crippen molar-refractivity contribution in [3.05, 3.63) is 12.2 Å². The molecular formula is C16H28N2O3S. The Balaban J connectivity index is 2.02. The molecule has 126 valence electrons. The number of sulfonamides is 1. The summed E-state index contributed by atoms with van der Waals surface area (Å²) in [5.41, 5.74) is 0.182. The van der Waals surface area contributed by atoms with Crippen LogP contribution in [0.2, 0.25) is 0 Å². The Hall–Kier alpha value is -0.880. The van der Waals surface area contributed by atoms with Crippen molar-refractivity contribution >= 4 is 15.9 Å². The van der Waals surface area contributed by atoms with Crippen LogP contribution in [0.3, 0.4) is 0 Å². The van der Waals surface area contributed by atoms with E-state index < -0.39 is 10.0 Å². The molecule has 1 amide bonds. The molecule has 1 fully saturated rings. The summed E-state index contributed by atoms with van der Waals surface area (Å²) in [6, 6.07) is 0. The maximum Gasteiger partial charge on any atom is 0.239 e. The van der Waals surface area contributed by atoms with Crippen LogP contribution >= 0.6 is 0 Å². The highest BCUT2D eigenvalue weighted by molar-refractivity contribution is 7.89. The number of amides is 1. The summed E-state index contributed by atoms with van der Waals surface area (Å²) in [5.74, 6) is -0.624. The van der Waals surface area contributed by atoms with E-state index in [1.54, 1.807) is 18.7 Å². The number of hydrogen-bond acceptors (Lipinski definition) is 3. The van der Waals surface area contributed by atoms with E-state index in [1.165, 1.54) is 4.31 Å². The van der Waals surface area contributed by atoms with Crippen LogP contribution in [0.4, 0.5) is 0 Å². The predicted octanol–water partition coefficient (Wildman–Crippen LogP) is 2.01. The summed E-state index contributed by atoms with van der Waals surface area (Å²) >= 11 is 0. The maximum absolute atomic E-state index is 12.5. The van der Waals surface area contributed by atoms with Crippen LogP contribution in [-0.4, -0.2) is 55.5 Å². The van der Waals surface area contributed by atoms with E-state index in [0.29, 0.717) is 26.2 Å². The molecule has 0 N–H and O–H groups in total. The van der Waals surface area contributed by atoms with Crippen LogP contribution in [0.15, 0.2) is 12.2 Å². The molecule has 1 spiro atoms. The Morgan fingerprint density at radius 3 is 2.55 bits per heavy atom. The summed E-state index contributed by atoms with van der Waals surface area (Å²) in [6.45, 7) is 5.84. The molecule has 1 aliphatic heterocycles. The van der Waals surface area contributed by atoms with E-state index in [-0.39, 0.29) is 17.1 Å².